The van der Waals surface area contributed by atoms with Crippen LogP contribution >= 0.6 is 11.9 Å². The van der Waals surface area contributed by atoms with Crippen molar-refractivity contribution in [2.24, 2.45) is 0 Å². The molecule has 0 spiro atoms. The quantitative estimate of drug-likeness (QED) is 0.558. The van der Waals surface area contributed by atoms with Gasteiger partial charge in [0.1, 0.15) is 0 Å². The normalized spacial score (nSPS) is 31.8. The molecule has 0 aromatic rings. The molecule has 1 unspecified atom stereocenters. The van der Waals surface area contributed by atoms with Crippen LogP contribution in [0, 0.1) is 0 Å². The number of allylic oxidation sites excluding steroid dienone is 1. The molecule has 0 aromatic heterocycles. The van der Waals surface area contributed by atoms with Crippen LogP contribution in [0.5, 0.6) is 0 Å². The lowest BCUT2D eigenvalue weighted by Gasteiger charge is -2.29. The molecule has 0 fully saturated rings. The van der Waals surface area contributed by atoms with E-state index in [4.69, 9.17) is 0 Å². The zero-order valence-corrected chi connectivity index (χ0v) is 8.46. The summed E-state index contributed by atoms with van der Waals surface area (Å²) >= 11 is 1.72. The Morgan fingerprint density at radius 3 is 3.00 bits per heavy atom. The Labute approximate surface area is 77.6 Å². The summed E-state index contributed by atoms with van der Waals surface area (Å²) < 4.78 is 3.33. The number of hydrogen-bond acceptors (Lipinski definition) is 3. The fourth-order valence-electron chi connectivity index (χ4n) is 1.45. The Morgan fingerprint density at radius 1 is 1.50 bits per heavy atom. The molecule has 12 heavy (non-hydrogen) atoms. The summed E-state index contributed by atoms with van der Waals surface area (Å²) in [6, 6.07) is 0.453. The molecule has 2 rings (SSSR count). The summed E-state index contributed by atoms with van der Waals surface area (Å²) in [6.45, 7) is 6.55. The SMILES string of the molecule is CC1NSC2=C1NC(C)(C)C=C2. The van der Waals surface area contributed by atoms with Gasteiger partial charge in [-0.25, -0.2) is 0 Å². The van der Waals surface area contributed by atoms with Crippen molar-refractivity contribution in [3.8, 4) is 0 Å². The van der Waals surface area contributed by atoms with Crippen molar-refractivity contribution in [2.75, 3.05) is 0 Å². The molecule has 2 aliphatic heterocycles. The van der Waals surface area contributed by atoms with Gasteiger partial charge in [0.05, 0.1) is 11.6 Å². The lowest BCUT2D eigenvalue weighted by molar-refractivity contribution is 0.499. The van der Waals surface area contributed by atoms with Crippen LogP contribution in [0.15, 0.2) is 22.8 Å². The van der Waals surface area contributed by atoms with Crippen molar-refractivity contribution in [3.63, 3.8) is 0 Å². The van der Waals surface area contributed by atoms with Crippen LogP contribution in [-0.2, 0) is 0 Å². The van der Waals surface area contributed by atoms with Crippen molar-refractivity contribution < 1.29 is 0 Å². The minimum absolute atomic E-state index is 0.111. The molecule has 2 nitrogen and oxygen atoms in total. The van der Waals surface area contributed by atoms with Crippen molar-refractivity contribution in [1.29, 1.82) is 0 Å². The Kier molecular flexibility index (Phi) is 1.73. The van der Waals surface area contributed by atoms with E-state index >= 15 is 0 Å². The van der Waals surface area contributed by atoms with Gasteiger partial charge in [0, 0.05) is 10.6 Å². The van der Waals surface area contributed by atoms with E-state index in [1.807, 2.05) is 0 Å². The van der Waals surface area contributed by atoms with Gasteiger partial charge in [0.25, 0.3) is 0 Å². The Morgan fingerprint density at radius 2 is 2.25 bits per heavy atom. The molecule has 2 heterocycles. The second kappa shape index (κ2) is 2.54. The highest BCUT2D eigenvalue weighted by Gasteiger charge is 2.28. The summed E-state index contributed by atoms with van der Waals surface area (Å²) in [5.74, 6) is 0. The highest BCUT2D eigenvalue weighted by Crippen LogP contribution is 2.32. The summed E-state index contributed by atoms with van der Waals surface area (Å²) in [5.41, 5.74) is 1.45. The highest BCUT2D eigenvalue weighted by molar-refractivity contribution is 8.01. The summed E-state index contributed by atoms with van der Waals surface area (Å²) in [5, 5.41) is 3.51. The van der Waals surface area contributed by atoms with E-state index in [-0.39, 0.29) is 5.54 Å². The average molecular weight is 182 g/mol. The molecule has 2 N–H and O–H groups in total. The summed E-state index contributed by atoms with van der Waals surface area (Å²) in [4.78, 5) is 1.34. The molecule has 0 bridgehead atoms. The molecule has 2 aliphatic rings. The zero-order valence-electron chi connectivity index (χ0n) is 7.64. The van der Waals surface area contributed by atoms with Crippen LogP contribution in [0.25, 0.3) is 0 Å². The Balaban J connectivity index is 2.29. The first-order chi connectivity index (χ1) is 5.58. The number of hydrogen-bond donors (Lipinski definition) is 2. The highest BCUT2D eigenvalue weighted by atomic mass is 32.2. The fourth-order valence-corrected chi connectivity index (χ4v) is 2.34. The van der Waals surface area contributed by atoms with Crippen LogP contribution in [0.4, 0.5) is 0 Å². The minimum Gasteiger partial charge on any atom is -0.378 e. The van der Waals surface area contributed by atoms with Gasteiger partial charge in [-0.3, -0.25) is 4.72 Å². The first kappa shape index (κ1) is 8.20. The van der Waals surface area contributed by atoms with Crippen molar-refractivity contribution in [3.05, 3.63) is 22.8 Å². The van der Waals surface area contributed by atoms with Crippen LogP contribution in [0.3, 0.4) is 0 Å². The number of nitrogens with one attached hydrogen (secondary N) is 2. The van der Waals surface area contributed by atoms with Gasteiger partial charge in [-0.1, -0.05) is 6.08 Å². The second-order valence-electron chi connectivity index (χ2n) is 3.90. The maximum Gasteiger partial charge on any atom is 0.0555 e. The van der Waals surface area contributed by atoms with E-state index in [1.54, 1.807) is 11.9 Å². The molecular formula is C9H14N2S. The van der Waals surface area contributed by atoms with Crippen molar-refractivity contribution >= 4 is 11.9 Å². The molecule has 0 radical (unpaired) electrons. The summed E-state index contributed by atoms with van der Waals surface area (Å²) in [6.07, 6.45) is 4.41. The van der Waals surface area contributed by atoms with E-state index in [0.717, 1.165) is 0 Å². The fraction of sp³-hybridized carbons (Fsp3) is 0.556. The van der Waals surface area contributed by atoms with Gasteiger partial charge in [-0.15, -0.1) is 0 Å². The van der Waals surface area contributed by atoms with Crippen LogP contribution in [0.1, 0.15) is 20.8 Å². The van der Waals surface area contributed by atoms with E-state index in [2.05, 4.69) is 43.0 Å². The Bertz CT molecular complexity index is 266. The molecule has 0 amide bonds. The lowest BCUT2D eigenvalue weighted by Crippen LogP contribution is -2.41. The van der Waals surface area contributed by atoms with Gasteiger partial charge in [-0.05, 0) is 38.8 Å². The maximum absolute atomic E-state index is 3.51. The molecule has 0 saturated heterocycles. The molecule has 0 aliphatic carbocycles. The van der Waals surface area contributed by atoms with Crippen LogP contribution < -0.4 is 10.0 Å². The third kappa shape index (κ3) is 1.27. The van der Waals surface area contributed by atoms with E-state index in [0.29, 0.717) is 6.04 Å². The molecule has 3 heteroatoms. The summed E-state index contributed by atoms with van der Waals surface area (Å²) in [7, 11) is 0. The van der Waals surface area contributed by atoms with Gasteiger partial charge >= 0.3 is 0 Å². The smallest absolute Gasteiger partial charge is 0.0555 e. The monoisotopic (exact) mass is 182 g/mol. The van der Waals surface area contributed by atoms with Gasteiger partial charge in [0.2, 0.25) is 0 Å². The second-order valence-corrected chi connectivity index (χ2v) is 4.78. The lowest BCUT2D eigenvalue weighted by atomic mass is 9.99. The average Bonchev–Trinajstić information content (AvgIpc) is 2.31. The number of dihydropyridines is 1. The van der Waals surface area contributed by atoms with E-state index in [9.17, 15) is 0 Å². The largest absolute Gasteiger partial charge is 0.378 e. The topological polar surface area (TPSA) is 24.1 Å². The Hall–Kier alpha value is -0.410. The van der Waals surface area contributed by atoms with Crippen molar-refractivity contribution in [1.82, 2.24) is 10.0 Å². The molecule has 0 saturated carbocycles. The van der Waals surface area contributed by atoms with E-state index < -0.39 is 0 Å². The van der Waals surface area contributed by atoms with Crippen LogP contribution in [0.2, 0.25) is 0 Å². The molecular weight excluding hydrogens is 168 g/mol. The molecule has 1 atom stereocenters. The predicted octanol–water partition coefficient (Wildman–Crippen LogP) is 1.78. The maximum atomic E-state index is 3.51. The first-order valence-corrected chi connectivity index (χ1v) is 5.04. The van der Waals surface area contributed by atoms with Gasteiger partial charge < -0.3 is 5.32 Å². The van der Waals surface area contributed by atoms with Gasteiger partial charge in [0.15, 0.2) is 0 Å². The molecule has 0 aromatic carbocycles. The van der Waals surface area contributed by atoms with E-state index in [1.165, 1.54) is 10.6 Å². The van der Waals surface area contributed by atoms with Crippen molar-refractivity contribution in [2.45, 2.75) is 32.4 Å². The third-order valence-electron chi connectivity index (χ3n) is 2.15. The third-order valence-corrected chi connectivity index (χ3v) is 3.20. The van der Waals surface area contributed by atoms with Crippen LogP contribution in [-0.4, -0.2) is 11.6 Å². The number of rotatable bonds is 0. The van der Waals surface area contributed by atoms with Gasteiger partial charge in [-0.2, -0.15) is 0 Å². The standard InChI is InChI=1S/C9H14N2S/c1-6-8-7(12-11-6)4-5-9(2,3)10-8/h4-6,10-11H,1-3H3. The zero-order chi connectivity index (χ0) is 8.77. The first-order valence-electron chi connectivity index (χ1n) is 4.22. The molecule has 66 valence electrons. The predicted molar refractivity (Wildman–Crippen MR) is 53.6 cm³/mol. The minimum atomic E-state index is 0.111.